The number of hydrogen-bond donors (Lipinski definition) is 0. The number of hydrogen-bond acceptors (Lipinski definition) is 2. The van der Waals surface area contributed by atoms with E-state index in [0.29, 0.717) is 10.0 Å². The van der Waals surface area contributed by atoms with Gasteiger partial charge in [0.05, 0.1) is 9.79 Å². The van der Waals surface area contributed by atoms with Crippen LogP contribution in [0.1, 0.15) is 11.1 Å². The summed E-state index contributed by atoms with van der Waals surface area (Å²) in [6, 6.07) is 16.1. The third kappa shape index (κ3) is 4.08. The van der Waals surface area contributed by atoms with E-state index in [9.17, 15) is 17.2 Å². The molecule has 0 saturated heterocycles. The zero-order valence-corrected chi connectivity index (χ0v) is 15.8. The first-order valence-corrected chi connectivity index (χ1v) is 9.88. The average molecular weight is 435 g/mol. The summed E-state index contributed by atoms with van der Waals surface area (Å²) >= 11 is 3.26. The summed E-state index contributed by atoms with van der Waals surface area (Å²) in [7, 11) is -3.61. The molecular formula is C20H13BrF2O2S. The number of halogens is 3. The molecule has 0 aliphatic heterocycles. The third-order valence-corrected chi connectivity index (χ3v) is 5.98. The van der Waals surface area contributed by atoms with Crippen LogP contribution in [-0.4, -0.2) is 8.42 Å². The maximum atomic E-state index is 13.6. The van der Waals surface area contributed by atoms with E-state index in [2.05, 4.69) is 15.9 Å². The SMILES string of the molecule is O=S(=O)(c1ccc(/C=C/c2ccc(F)cc2F)cc1)c1cccc(Br)c1. The minimum atomic E-state index is -3.61. The molecule has 0 fully saturated rings. The quantitative estimate of drug-likeness (QED) is 0.491. The number of sulfone groups is 1. The van der Waals surface area contributed by atoms with Crippen LogP contribution in [0.15, 0.2) is 81.0 Å². The summed E-state index contributed by atoms with van der Waals surface area (Å²) in [6.45, 7) is 0. The minimum absolute atomic E-state index is 0.167. The maximum Gasteiger partial charge on any atom is 0.206 e. The van der Waals surface area contributed by atoms with Gasteiger partial charge in [0.2, 0.25) is 9.84 Å². The first-order valence-electron chi connectivity index (χ1n) is 7.60. The molecular weight excluding hydrogens is 422 g/mol. The van der Waals surface area contributed by atoms with Gasteiger partial charge < -0.3 is 0 Å². The number of benzene rings is 3. The lowest BCUT2D eigenvalue weighted by Gasteiger charge is -2.05. The van der Waals surface area contributed by atoms with Crippen molar-refractivity contribution in [2.75, 3.05) is 0 Å². The van der Waals surface area contributed by atoms with Crippen molar-refractivity contribution < 1.29 is 17.2 Å². The predicted octanol–water partition coefficient (Wildman–Crippen LogP) is 5.73. The second-order valence-corrected chi connectivity index (χ2v) is 8.39. The summed E-state index contributed by atoms with van der Waals surface area (Å²) in [6.07, 6.45) is 3.14. The molecule has 0 atom stereocenters. The smallest absolute Gasteiger partial charge is 0.206 e. The normalized spacial score (nSPS) is 11.8. The van der Waals surface area contributed by atoms with Crippen molar-refractivity contribution in [3.8, 4) is 0 Å². The highest BCUT2D eigenvalue weighted by atomic mass is 79.9. The Morgan fingerprint density at radius 1 is 0.808 bits per heavy atom. The Labute approximate surface area is 158 Å². The maximum absolute atomic E-state index is 13.6. The van der Waals surface area contributed by atoms with Crippen molar-refractivity contribution in [3.63, 3.8) is 0 Å². The second kappa shape index (κ2) is 7.51. The van der Waals surface area contributed by atoms with E-state index in [0.717, 1.165) is 6.07 Å². The lowest BCUT2D eigenvalue weighted by atomic mass is 10.1. The van der Waals surface area contributed by atoms with E-state index < -0.39 is 21.5 Å². The lowest BCUT2D eigenvalue weighted by molar-refractivity contribution is 0.581. The van der Waals surface area contributed by atoms with Gasteiger partial charge in [-0.15, -0.1) is 0 Å². The monoisotopic (exact) mass is 434 g/mol. The van der Waals surface area contributed by atoms with Gasteiger partial charge in [0.1, 0.15) is 11.6 Å². The Balaban J connectivity index is 1.85. The van der Waals surface area contributed by atoms with Gasteiger partial charge in [0.15, 0.2) is 0 Å². The molecule has 0 aliphatic rings. The molecule has 0 amide bonds. The van der Waals surface area contributed by atoms with Gasteiger partial charge in [-0.05, 0) is 48.0 Å². The Morgan fingerprint density at radius 2 is 1.54 bits per heavy atom. The molecule has 0 saturated carbocycles. The average Bonchev–Trinajstić information content (AvgIpc) is 2.61. The van der Waals surface area contributed by atoms with Gasteiger partial charge in [-0.2, -0.15) is 0 Å². The molecule has 3 aromatic carbocycles. The Kier molecular flexibility index (Phi) is 5.34. The molecule has 3 aromatic rings. The van der Waals surface area contributed by atoms with Crippen LogP contribution < -0.4 is 0 Å². The van der Waals surface area contributed by atoms with Gasteiger partial charge in [-0.3, -0.25) is 0 Å². The zero-order valence-electron chi connectivity index (χ0n) is 13.4. The molecule has 0 heterocycles. The first kappa shape index (κ1) is 18.5. The molecule has 6 heteroatoms. The molecule has 3 rings (SSSR count). The fraction of sp³-hybridized carbons (Fsp3) is 0. The van der Waals surface area contributed by atoms with Crippen LogP contribution in [-0.2, 0) is 9.84 Å². The molecule has 0 radical (unpaired) electrons. The molecule has 132 valence electrons. The van der Waals surface area contributed by atoms with E-state index >= 15 is 0 Å². The fourth-order valence-electron chi connectivity index (χ4n) is 2.35. The number of rotatable bonds is 4. The summed E-state index contributed by atoms with van der Waals surface area (Å²) < 4.78 is 52.5. The summed E-state index contributed by atoms with van der Waals surface area (Å²) in [5, 5.41) is 0. The van der Waals surface area contributed by atoms with Crippen LogP contribution >= 0.6 is 15.9 Å². The van der Waals surface area contributed by atoms with Crippen molar-refractivity contribution in [2.24, 2.45) is 0 Å². The highest BCUT2D eigenvalue weighted by molar-refractivity contribution is 9.10. The molecule has 26 heavy (non-hydrogen) atoms. The molecule has 0 aromatic heterocycles. The topological polar surface area (TPSA) is 34.1 Å². The zero-order chi connectivity index (χ0) is 18.7. The van der Waals surface area contributed by atoms with Crippen molar-refractivity contribution in [1.29, 1.82) is 0 Å². The van der Waals surface area contributed by atoms with E-state index in [-0.39, 0.29) is 15.4 Å². The summed E-state index contributed by atoms with van der Waals surface area (Å²) in [5.41, 5.74) is 0.944. The second-order valence-electron chi connectivity index (χ2n) is 5.53. The molecule has 0 bridgehead atoms. The van der Waals surface area contributed by atoms with Gasteiger partial charge in [0.25, 0.3) is 0 Å². The van der Waals surface area contributed by atoms with E-state index in [4.69, 9.17) is 0 Å². The van der Waals surface area contributed by atoms with Gasteiger partial charge in [-0.25, -0.2) is 17.2 Å². The van der Waals surface area contributed by atoms with Crippen LogP contribution in [0.3, 0.4) is 0 Å². The molecule has 0 unspecified atom stereocenters. The van der Waals surface area contributed by atoms with Gasteiger partial charge >= 0.3 is 0 Å². The van der Waals surface area contributed by atoms with E-state index in [1.54, 1.807) is 36.4 Å². The van der Waals surface area contributed by atoms with Crippen LogP contribution in [0.2, 0.25) is 0 Å². The fourth-order valence-corrected chi connectivity index (χ4v) is 4.21. The minimum Gasteiger partial charge on any atom is -0.219 e. The van der Waals surface area contributed by atoms with Crippen LogP contribution in [0.4, 0.5) is 8.78 Å². The van der Waals surface area contributed by atoms with Crippen molar-refractivity contribution in [2.45, 2.75) is 9.79 Å². The Hall–Kier alpha value is -2.31. The van der Waals surface area contributed by atoms with Crippen molar-refractivity contribution in [3.05, 3.63) is 94.0 Å². The Morgan fingerprint density at radius 3 is 2.19 bits per heavy atom. The largest absolute Gasteiger partial charge is 0.219 e. The summed E-state index contributed by atoms with van der Waals surface area (Å²) in [4.78, 5) is 0.365. The molecule has 2 nitrogen and oxygen atoms in total. The van der Waals surface area contributed by atoms with Crippen LogP contribution in [0.25, 0.3) is 12.2 Å². The van der Waals surface area contributed by atoms with Crippen LogP contribution in [0.5, 0.6) is 0 Å². The van der Waals surface area contributed by atoms with Crippen molar-refractivity contribution >= 4 is 37.9 Å². The van der Waals surface area contributed by atoms with Gasteiger partial charge in [0, 0.05) is 16.1 Å². The Bertz CT molecular complexity index is 1080. The first-order chi connectivity index (χ1) is 12.4. The lowest BCUT2D eigenvalue weighted by Crippen LogP contribution is -2.01. The highest BCUT2D eigenvalue weighted by Gasteiger charge is 2.17. The highest BCUT2D eigenvalue weighted by Crippen LogP contribution is 2.24. The summed E-state index contributed by atoms with van der Waals surface area (Å²) in [5.74, 6) is -1.29. The van der Waals surface area contributed by atoms with Crippen LogP contribution in [0, 0.1) is 11.6 Å². The third-order valence-electron chi connectivity index (χ3n) is 3.71. The molecule has 0 aliphatic carbocycles. The predicted molar refractivity (Wildman–Crippen MR) is 101 cm³/mol. The molecule has 0 spiro atoms. The van der Waals surface area contributed by atoms with Crippen molar-refractivity contribution in [1.82, 2.24) is 0 Å². The van der Waals surface area contributed by atoms with E-state index in [1.165, 1.54) is 36.4 Å². The van der Waals surface area contributed by atoms with Gasteiger partial charge in [-0.1, -0.05) is 46.3 Å². The molecule has 0 N–H and O–H groups in total. The standard InChI is InChI=1S/C20H13BrF2O2S/c21-16-2-1-3-19(12-16)26(24,25)18-10-5-14(6-11-18)4-7-15-8-9-17(22)13-20(15)23/h1-13H/b7-4+. The van der Waals surface area contributed by atoms with E-state index in [1.807, 2.05) is 0 Å².